The van der Waals surface area contributed by atoms with Gasteiger partial charge in [-0.2, -0.15) is 0 Å². The number of hydrogen-bond donors (Lipinski definition) is 1. The summed E-state index contributed by atoms with van der Waals surface area (Å²) in [5.41, 5.74) is 8.48. The number of aromatic nitrogens is 1. The summed E-state index contributed by atoms with van der Waals surface area (Å²) >= 11 is 1.60. The molecule has 2 nitrogen and oxygen atoms in total. The van der Waals surface area contributed by atoms with Crippen LogP contribution in [-0.4, -0.2) is 4.98 Å². The van der Waals surface area contributed by atoms with E-state index in [0.717, 1.165) is 10.6 Å². The third-order valence-electron chi connectivity index (χ3n) is 2.24. The molecule has 0 amide bonds. The van der Waals surface area contributed by atoms with Crippen molar-refractivity contribution >= 4 is 11.3 Å². The molecular formula is C11H12N2S. The first kappa shape index (κ1) is 9.37. The largest absolute Gasteiger partial charge is 0.318 e. The molecule has 0 aliphatic heterocycles. The number of thiazole rings is 1. The Morgan fingerprint density at radius 2 is 2.14 bits per heavy atom. The molecule has 72 valence electrons. The Morgan fingerprint density at radius 3 is 2.79 bits per heavy atom. The lowest BCUT2D eigenvalue weighted by Crippen LogP contribution is -2.12. The maximum Gasteiger partial charge on any atom is 0.114 e. The van der Waals surface area contributed by atoms with E-state index in [0.29, 0.717) is 0 Å². The van der Waals surface area contributed by atoms with Crippen LogP contribution in [0, 0.1) is 6.92 Å². The van der Waals surface area contributed by atoms with Gasteiger partial charge in [-0.05, 0) is 18.1 Å². The van der Waals surface area contributed by atoms with Crippen LogP contribution >= 0.6 is 11.3 Å². The molecule has 1 aromatic heterocycles. The average Bonchev–Trinajstić information content (AvgIpc) is 2.70. The molecule has 1 heterocycles. The van der Waals surface area contributed by atoms with Gasteiger partial charge in [0.2, 0.25) is 0 Å². The van der Waals surface area contributed by atoms with Gasteiger partial charge in [0.05, 0.1) is 6.04 Å². The van der Waals surface area contributed by atoms with Gasteiger partial charge in [0.15, 0.2) is 0 Å². The highest BCUT2D eigenvalue weighted by molar-refractivity contribution is 7.09. The smallest absolute Gasteiger partial charge is 0.114 e. The number of hydrogen-bond acceptors (Lipinski definition) is 3. The van der Waals surface area contributed by atoms with Crippen LogP contribution in [-0.2, 0) is 0 Å². The fraction of sp³-hybridized carbons (Fsp3) is 0.182. The second-order valence-electron chi connectivity index (χ2n) is 3.20. The molecule has 2 N–H and O–H groups in total. The van der Waals surface area contributed by atoms with Crippen LogP contribution in [0.5, 0.6) is 0 Å². The molecule has 1 aromatic carbocycles. The van der Waals surface area contributed by atoms with Gasteiger partial charge in [-0.3, -0.25) is 0 Å². The summed E-state index contributed by atoms with van der Waals surface area (Å²) in [6.45, 7) is 2.07. The summed E-state index contributed by atoms with van der Waals surface area (Å²) in [7, 11) is 0. The molecule has 0 fully saturated rings. The number of benzene rings is 1. The zero-order valence-electron chi connectivity index (χ0n) is 7.97. The number of rotatable bonds is 2. The molecule has 0 bridgehead atoms. The number of aryl methyl sites for hydroxylation is 1. The molecule has 0 aliphatic carbocycles. The maximum atomic E-state index is 6.11. The van der Waals surface area contributed by atoms with Crippen LogP contribution in [0.25, 0.3) is 0 Å². The summed E-state index contributed by atoms with van der Waals surface area (Å²) in [6.07, 6.45) is 1.79. The summed E-state index contributed by atoms with van der Waals surface area (Å²) in [6, 6.07) is 8.07. The van der Waals surface area contributed by atoms with Crippen LogP contribution in [0.4, 0.5) is 0 Å². The highest BCUT2D eigenvalue weighted by Crippen LogP contribution is 2.23. The minimum Gasteiger partial charge on any atom is -0.318 e. The van der Waals surface area contributed by atoms with Gasteiger partial charge >= 0.3 is 0 Å². The van der Waals surface area contributed by atoms with E-state index >= 15 is 0 Å². The lowest BCUT2D eigenvalue weighted by atomic mass is 10.0. The van der Waals surface area contributed by atoms with E-state index in [9.17, 15) is 0 Å². The van der Waals surface area contributed by atoms with E-state index in [4.69, 9.17) is 5.73 Å². The molecular weight excluding hydrogens is 192 g/mol. The minimum absolute atomic E-state index is 0.0869. The predicted octanol–water partition coefficient (Wildman–Crippen LogP) is 2.50. The van der Waals surface area contributed by atoms with Crippen molar-refractivity contribution < 1.29 is 0 Å². The van der Waals surface area contributed by atoms with Crippen LogP contribution < -0.4 is 5.73 Å². The first-order valence-electron chi connectivity index (χ1n) is 4.49. The van der Waals surface area contributed by atoms with E-state index < -0.39 is 0 Å². The Kier molecular flexibility index (Phi) is 2.61. The fourth-order valence-corrected chi connectivity index (χ4v) is 2.11. The van der Waals surface area contributed by atoms with Crippen molar-refractivity contribution in [2.75, 3.05) is 0 Å². The van der Waals surface area contributed by atoms with E-state index in [1.165, 1.54) is 5.56 Å². The fourth-order valence-electron chi connectivity index (χ4n) is 1.46. The molecule has 0 spiro atoms. The average molecular weight is 204 g/mol. The highest BCUT2D eigenvalue weighted by atomic mass is 32.1. The monoisotopic (exact) mass is 204 g/mol. The van der Waals surface area contributed by atoms with E-state index in [2.05, 4.69) is 24.0 Å². The van der Waals surface area contributed by atoms with Crippen LogP contribution in [0.1, 0.15) is 22.2 Å². The normalized spacial score (nSPS) is 12.7. The van der Waals surface area contributed by atoms with Crippen molar-refractivity contribution in [2.45, 2.75) is 13.0 Å². The van der Waals surface area contributed by atoms with Crippen molar-refractivity contribution in [3.63, 3.8) is 0 Å². The first-order chi connectivity index (χ1) is 6.79. The summed E-state index contributed by atoms with van der Waals surface area (Å²) in [5.74, 6) is 0. The summed E-state index contributed by atoms with van der Waals surface area (Å²) < 4.78 is 0. The molecule has 1 atom stereocenters. The molecule has 14 heavy (non-hydrogen) atoms. The van der Waals surface area contributed by atoms with Gasteiger partial charge in [0.25, 0.3) is 0 Å². The Balaban J connectivity index is 2.37. The van der Waals surface area contributed by atoms with Gasteiger partial charge in [-0.25, -0.2) is 4.98 Å². The molecule has 2 rings (SSSR count). The van der Waals surface area contributed by atoms with Gasteiger partial charge in [-0.15, -0.1) is 11.3 Å². The Hall–Kier alpha value is -1.19. The number of nitrogens with zero attached hydrogens (tertiary/aromatic N) is 1. The Morgan fingerprint density at radius 1 is 1.36 bits per heavy atom. The zero-order valence-corrected chi connectivity index (χ0v) is 8.79. The van der Waals surface area contributed by atoms with E-state index in [1.54, 1.807) is 17.5 Å². The molecule has 0 saturated heterocycles. The van der Waals surface area contributed by atoms with Gasteiger partial charge in [0, 0.05) is 11.6 Å². The number of nitrogens with two attached hydrogens (primary N) is 1. The lowest BCUT2D eigenvalue weighted by molar-refractivity contribution is 0.849. The SMILES string of the molecule is Cc1ccccc1C(N)c1nccs1. The van der Waals surface area contributed by atoms with Crippen molar-refractivity contribution in [1.29, 1.82) is 0 Å². The standard InChI is InChI=1S/C11H12N2S/c1-8-4-2-3-5-9(8)10(12)11-13-6-7-14-11/h2-7,10H,12H2,1H3. The van der Waals surface area contributed by atoms with E-state index in [-0.39, 0.29) is 6.04 Å². The maximum absolute atomic E-state index is 6.11. The van der Waals surface area contributed by atoms with Crippen molar-refractivity contribution in [2.24, 2.45) is 5.73 Å². The predicted molar refractivity (Wildman–Crippen MR) is 59.3 cm³/mol. The molecule has 0 radical (unpaired) electrons. The summed E-state index contributed by atoms with van der Waals surface area (Å²) in [4.78, 5) is 4.23. The highest BCUT2D eigenvalue weighted by Gasteiger charge is 2.12. The third-order valence-corrected chi connectivity index (χ3v) is 3.10. The van der Waals surface area contributed by atoms with Gasteiger partial charge in [0.1, 0.15) is 5.01 Å². The molecule has 3 heteroatoms. The van der Waals surface area contributed by atoms with Crippen LogP contribution in [0.3, 0.4) is 0 Å². The van der Waals surface area contributed by atoms with E-state index in [1.807, 2.05) is 17.5 Å². The van der Waals surface area contributed by atoms with Crippen molar-refractivity contribution in [1.82, 2.24) is 4.98 Å². The summed E-state index contributed by atoms with van der Waals surface area (Å²) in [5, 5.41) is 2.92. The minimum atomic E-state index is -0.0869. The second-order valence-corrected chi connectivity index (χ2v) is 4.13. The second kappa shape index (κ2) is 3.90. The van der Waals surface area contributed by atoms with Crippen molar-refractivity contribution in [3.8, 4) is 0 Å². The Bertz CT molecular complexity index is 409. The van der Waals surface area contributed by atoms with Crippen LogP contribution in [0.2, 0.25) is 0 Å². The quantitative estimate of drug-likeness (QED) is 0.816. The molecule has 2 aromatic rings. The topological polar surface area (TPSA) is 38.9 Å². The molecule has 0 aliphatic rings. The zero-order chi connectivity index (χ0) is 9.97. The third kappa shape index (κ3) is 1.69. The van der Waals surface area contributed by atoms with Gasteiger partial charge in [-0.1, -0.05) is 24.3 Å². The van der Waals surface area contributed by atoms with Gasteiger partial charge < -0.3 is 5.73 Å². The lowest BCUT2D eigenvalue weighted by Gasteiger charge is -2.11. The molecule has 1 unspecified atom stereocenters. The first-order valence-corrected chi connectivity index (χ1v) is 5.37. The van der Waals surface area contributed by atoms with Crippen molar-refractivity contribution in [3.05, 3.63) is 52.0 Å². The Labute approximate surface area is 87.4 Å². The molecule has 0 saturated carbocycles. The van der Waals surface area contributed by atoms with Crippen LogP contribution in [0.15, 0.2) is 35.8 Å².